The number of para-hydroxylation sites is 1. The number of ether oxygens (including phenoxy) is 1. The van der Waals surface area contributed by atoms with Crippen molar-refractivity contribution in [2.24, 2.45) is 4.99 Å². The van der Waals surface area contributed by atoms with Crippen molar-refractivity contribution < 1.29 is 23.1 Å². The van der Waals surface area contributed by atoms with Crippen LogP contribution in [-0.2, 0) is 4.79 Å². The Balaban J connectivity index is 1.45. The molecular formula is C29H23F2N5O3. The first-order valence-electron chi connectivity index (χ1n) is 12.5. The number of benzene rings is 3. The molecule has 1 unspecified atom stereocenters. The molecule has 0 aliphatic carbocycles. The number of hydrogen-bond acceptors (Lipinski definition) is 5. The normalized spacial score (nSPS) is 18.1. The van der Waals surface area contributed by atoms with E-state index < -0.39 is 29.6 Å². The molecule has 6 rings (SSSR count). The van der Waals surface area contributed by atoms with E-state index in [1.165, 1.54) is 24.3 Å². The van der Waals surface area contributed by atoms with Crippen LogP contribution in [0.5, 0.6) is 5.88 Å². The molecule has 0 fully saturated rings. The van der Waals surface area contributed by atoms with Gasteiger partial charge in [-0.3, -0.25) is 9.59 Å². The number of nitrogens with one attached hydrogen (secondary N) is 2. The van der Waals surface area contributed by atoms with Gasteiger partial charge in [-0.05, 0) is 25.1 Å². The minimum absolute atomic E-state index is 0.0103. The van der Waals surface area contributed by atoms with Gasteiger partial charge >= 0.3 is 0 Å². The van der Waals surface area contributed by atoms with E-state index in [0.29, 0.717) is 29.9 Å². The lowest BCUT2D eigenvalue weighted by molar-refractivity contribution is -0.117. The summed E-state index contributed by atoms with van der Waals surface area (Å²) >= 11 is 0. The van der Waals surface area contributed by atoms with Crippen LogP contribution < -0.4 is 15.4 Å². The predicted octanol–water partition coefficient (Wildman–Crippen LogP) is 4.72. The number of anilines is 1. The highest BCUT2D eigenvalue weighted by molar-refractivity contribution is 6.20. The highest BCUT2D eigenvalue weighted by Gasteiger charge is 2.35. The Morgan fingerprint density at radius 3 is 2.51 bits per heavy atom. The number of rotatable bonds is 4. The number of halogens is 2. The average molecular weight is 528 g/mol. The van der Waals surface area contributed by atoms with Gasteiger partial charge in [0.05, 0.1) is 24.0 Å². The summed E-state index contributed by atoms with van der Waals surface area (Å²) in [6.07, 6.45) is -0.768. The zero-order valence-electron chi connectivity index (χ0n) is 20.8. The Hall–Kier alpha value is -4.86. The third-order valence-corrected chi connectivity index (χ3v) is 6.75. The monoisotopic (exact) mass is 527 g/mol. The first kappa shape index (κ1) is 24.5. The first-order valence-corrected chi connectivity index (χ1v) is 12.5. The van der Waals surface area contributed by atoms with Crippen molar-refractivity contribution in [1.29, 1.82) is 0 Å². The SMILES string of the molecule is CC1CCOc2c(C(=O)N[C@H]3N=C(c4ccccc4)c4cccc(F)c4NC3=O)c(-c3ccccc3F)nn21. The molecule has 2 aliphatic heterocycles. The molecule has 1 aromatic heterocycles. The van der Waals surface area contributed by atoms with E-state index in [1.54, 1.807) is 47.1 Å². The van der Waals surface area contributed by atoms with Crippen LogP contribution in [0.15, 0.2) is 77.8 Å². The zero-order chi connectivity index (χ0) is 27.1. The quantitative estimate of drug-likeness (QED) is 0.402. The first-order chi connectivity index (χ1) is 18.9. The molecule has 2 amide bonds. The van der Waals surface area contributed by atoms with E-state index in [-0.39, 0.29) is 34.4 Å². The molecule has 2 N–H and O–H groups in total. The van der Waals surface area contributed by atoms with E-state index in [0.717, 1.165) is 0 Å². The number of amides is 2. The molecule has 0 spiro atoms. The number of nitrogens with zero attached hydrogens (tertiary/aromatic N) is 3. The fourth-order valence-electron chi connectivity index (χ4n) is 4.77. The predicted molar refractivity (Wildman–Crippen MR) is 141 cm³/mol. The Morgan fingerprint density at radius 2 is 1.72 bits per heavy atom. The summed E-state index contributed by atoms with van der Waals surface area (Å²) < 4.78 is 37.0. The average Bonchev–Trinajstić information content (AvgIpc) is 3.27. The lowest BCUT2D eigenvalue weighted by atomic mass is 10.0. The van der Waals surface area contributed by atoms with Crippen molar-refractivity contribution in [3.05, 3.63) is 101 Å². The van der Waals surface area contributed by atoms with E-state index in [4.69, 9.17) is 4.74 Å². The highest BCUT2D eigenvalue weighted by atomic mass is 19.1. The maximum Gasteiger partial charge on any atom is 0.269 e. The number of aliphatic imine (C=N–C) groups is 1. The van der Waals surface area contributed by atoms with Crippen molar-refractivity contribution in [3.8, 4) is 17.1 Å². The lowest BCUT2D eigenvalue weighted by Crippen LogP contribution is -2.42. The van der Waals surface area contributed by atoms with Crippen molar-refractivity contribution in [3.63, 3.8) is 0 Å². The van der Waals surface area contributed by atoms with E-state index in [2.05, 4.69) is 20.7 Å². The number of aromatic nitrogens is 2. The number of hydrogen-bond donors (Lipinski definition) is 2. The second-order valence-electron chi connectivity index (χ2n) is 9.31. The molecule has 196 valence electrons. The molecule has 4 aromatic rings. The van der Waals surface area contributed by atoms with Crippen LogP contribution in [0, 0.1) is 11.6 Å². The largest absolute Gasteiger partial charge is 0.477 e. The van der Waals surface area contributed by atoms with Gasteiger partial charge in [0.1, 0.15) is 22.9 Å². The highest BCUT2D eigenvalue weighted by Crippen LogP contribution is 2.37. The summed E-state index contributed by atoms with van der Waals surface area (Å²) in [5.74, 6) is -2.47. The van der Waals surface area contributed by atoms with Gasteiger partial charge in [0.2, 0.25) is 12.0 Å². The molecule has 0 saturated carbocycles. The standard InChI is InChI=1S/C29H23F2N5O3/c1-16-14-15-39-29-22(25(35-36(16)29)18-10-5-6-12-20(18)30)27(37)34-26-28(38)33-24-19(11-7-13-21(24)31)23(32-26)17-8-3-2-4-9-17/h2-13,16,26H,14-15H2,1H3,(H,33,38)(H,34,37)/t16?,26-/m1/s1. The number of carbonyl (C=O) groups is 2. The summed E-state index contributed by atoms with van der Waals surface area (Å²) in [4.78, 5) is 31.6. The van der Waals surface area contributed by atoms with Crippen LogP contribution in [0.4, 0.5) is 14.5 Å². The lowest BCUT2D eigenvalue weighted by Gasteiger charge is -2.22. The van der Waals surface area contributed by atoms with Crippen molar-refractivity contribution >= 4 is 23.2 Å². The van der Waals surface area contributed by atoms with Crippen LogP contribution >= 0.6 is 0 Å². The van der Waals surface area contributed by atoms with E-state index in [9.17, 15) is 18.4 Å². The maximum atomic E-state index is 14.8. The van der Waals surface area contributed by atoms with Gasteiger partial charge < -0.3 is 15.4 Å². The zero-order valence-corrected chi connectivity index (χ0v) is 20.8. The Morgan fingerprint density at radius 1 is 1.00 bits per heavy atom. The van der Waals surface area contributed by atoms with Gasteiger partial charge in [-0.15, -0.1) is 0 Å². The molecule has 0 saturated heterocycles. The van der Waals surface area contributed by atoms with Crippen LogP contribution in [-0.4, -0.2) is 40.1 Å². The van der Waals surface area contributed by atoms with Gasteiger partial charge in [0.15, 0.2) is 0 Å². The third-order valence-electron chi connectivity index (χ3n) is 6.75. The molecule has 3 heterocycles. The van der Waals surface area contributed by atoms with Gasteiger partial charge in [-0.1, -0.05) is 54.6 Å². The summed E-state index contributed by atoms with van der Waals surface area (Å²) in [6, 6.07) is 19.3. The fourth-order valence-corrected chi connectivity index (χ4v) is 4.77. The molecule has 0 bridgehead atoms. The van der Waals surface area contributed by atoms with Gasteiger partial charge in [0, 0.05) is 23.1 Å². The smallest absolute Gasteiger partial charge is 0.269 e. The van der Waals surface area contributed by atoms with Crippen LogP contribution in [0.2, 0.25) is 0 Å². The molecule has 10 heteroatoms. The second kappa shape index (κ2) is 9.79. The van der Waals surface area contributed by atoms with Crippen molar-refractivity contribution in [2.45, 2.75) is 25.6 Å². The molecule has 3 aromatic carbocycles. The minimum Gasteiger partial charge on any atom is -0.477 e. The van der Waals surface area contributed by atoms with Crippen molar-refractivity contribution in [1.82, 2.24) is 15.1 Å². The summed E-state index contributed by atoms with van der Waals surface area (Å²) in [5, 5.41) is 9.73. The maximum absolute atomic E-state index is 14.8. The summed E-state index contributed by atoms with van der Waals surface area (Å²) in [7, 11) is 0. The van der Waals surface area contributed by atoms with Crippen LogP contribution in [0.3, 0.4) is 0 Å². The fraction of sp³-hybridized carbons (Fsp3) is 0.172. The van der Waals surface area contributed by atoms with Crippen LogP contribution in [0.25, 0.3) is 11.3 Å². The molecular weight excluding hydrogens is 504 g/mol. The van der Waals surface area contributed by atoms with E-state index >= 15 is 0 Å². The minimum atomic E-state index is -1.43. The Labute approximate surface area is 222 Å². The summed E-state index contributed by atoms with van der Waals surface area (Å²) in [5.41, 5.74) is 1.49. The third kappa shape index (κ3) is 4.33. The van der Waals surface area contributed by atoms with E-state index in [1.807, 2.05) is 13.0 Å². The molecule has 2 aliphatic rings. The number of carbonyl (C=O) groups excluding carboxylic acids is 2. The molecule has 8 nitrogen and oxygen atoms in total. The van der Waals surface area contributed by atoms with Gasteiger partial charge in [-0.2, -0.15) is 5.10 Å². The number of benzodiazepines with no additional fused rings is 1. The second-order valence-corrected chi connectivity index (χ2v) is 9.31. The topological polar surface area (TPSA) is 97.6 Å². The Kier molecular flexibility index (Phi) is 6.14. The van der Waals surface area contributed by atoms with Gasteiger partial charge in [-0.25, -0.2) is 18.5 Å². The van der Waals surface area contributed by atoms with Crippen molar-refractivity contribution in [2.75, 3.05) is 11.9 Å². The van der Waals surface area contributed by atoms with Gasteiger partial charge in [0.25, 0.3) is 11.8 Å². The van der Waals surface area contributed by atoms with Crippen LogP contribution in [0.1, 0.15) is 40.9 Å². The molecule has 2 atom stereocenters. The molecule has 39 heavy (non-hydrogen) atoms. The number of fused-ring (bicyclic) bond motifs is 2. The molecule has 0 radical (unpaired) electrons. The summed E-state index contributed by atoms with van der Waals surface area (Å²) in [6.45, 7) is 2.27. The Bertz CT molecular complexity index is 1630.